The standard InChI is InChI=1S/C21H21FN4O/c1-21(2,3)15-8-4-6-10-17(15)25-19(27)14-12-23-20(24-13-14)26-18-11-7-5-9-16(18)22/h4-13H,1-3H3,(H,25,27)(H,23,24,26). The van der Waals surface area contributed by atoms with E-state index >= 15 is 0 Å². The first-order valence-corrected chi connectivity index (χ1v) is 8.59. The van der Waals surface area contributed by atoms with Gasteiger partial charge in [-0.2, -0.15) is 0 Å². The summed E-state index contributed by atoms with van der Waals surface area (Å²) in [5.41, 5.74) is 2.28. The van der Waals surface area contributed by atoms with Crippen molar-refractivity contribution in [2.45, 2.75) is 26.2 Å². The summed E-state index contributed by atoms with van der Waals surface area (Å²) in [6.45, 7) is 6.26. The molecule has 2 aromatic carbocycles. The Hall–Kier alpha value is -3.28. The van der Waals surface area contributed by atoms with E-state index in [1.54, 1.807) is 18.2 Å². The molecular formula is C21H21FN4O. The number of carbonyl (C=O) groups is 1. The lowest BCUT2D eigenvalue weighted by molar-refractivity contribution is 0.102. The van der Waals surface area contributed by atoms with E-state index in [0.29, 0.717) is 5.56 Å². The summed E-state index contributed by atoms with van der Waals surface area (Å²) in [4.78, 5) is 20.7. The fourth-order valence-electron chi connectivity index (χ4n) is 2.63. The number of aromatic nitrogens is 2. The predicted octanol–water partition coefficient (Wildman–Crippen LogP) is 4.91. The van der Waals surface area contributed by atoms with Gasteiger partial charge in [0.15, 0.2) is 0 Å². The van der Waals surface area contributed by atoms with Crippen molar-refractivity contribution >= 4 is 23.2 Å². The maximum atomic E-state index is 13.7. The highest BCUT2D eigenvalue weighted by Crippen LogP contribution is 2.29. The lowest BCUT2D eigenvalue weighted by atomic mass is 9.86. The van der Waals surface area contributed by atoms with Gasteiger partial charge in [-0.1, -0.05) is 51.1 Å². The topological polar surface area (TPSA) is 66.9 Å². The second kappa shape index (κ2) is 7.53. The third-order valence-electron chi connectivity index (χ3n) is 4.02. The van der Waals surface area contributed by atoms with Crippen LogP contribution in [0.3, 0.4) is 0 Å². The maximum absolute atomic E-state index is 13.7. The highest BCUT2D eigenvalue weighted by molar-refractivity contribution is 6.04. The molecule has 0 radical (unpaired) electrons. The number of amides is 1. The van der Waals surface area contributed by atoms with Crippen molar-refractivity contribution in [2.24, 2.45) is 0 Å². The minimum absolute atomic E-state index is 0.103. The van der Waals surface area contributed by atoms with Crippen LogP contribution in [0, 0.1) is 5.82 Å². The lowest BCUT2D eigenvalue weighted by Crippen LogP contribution is -2.19. The van der Waals surface area contributed by atoms with Crippen LogP contribution in [0.5, 0.6) is 0 Å². The lowest BCUT2D eigenvalue weighted by Gasteiger charge is -2.22. The number of nitrogens with zero attached hydrogens (tertiary/aromatic N) is 2. The zero-order valence-corrected chi connectivity index (χ0v) is 15.5. The number of rotatable bonds is 4. The van der Waals surface area contributed by atoms with E-state index in [-0.39, 0.29) is 23.0 Å². The van der Waals surface area contributed by atoms with Gasteiger partial charge < -0.3 is 10.6 Å². The molecule has 0 aliphatic carbocycles. The summed E-state index contributed by atoms with van der Waals surface area (Å²) in [7, 11) is 0. The van der Waals surface area contributed by atoms with Crippen molar-refractivity contribution in [1.82, 2.24) is 9.97 Å². The van der Waals surface area contributed by atoms with Crippen LogP contribution in [0.25, 0.3) is 0 Å². The smallest absolute Gasteiger partial charge is 0.258 e. The number of hydrogen-bond acceptors (Lipinski definition) is 4. The maximum Gasteiger partial charge on any atom is 0.258 e. The van der Waals surface area contributed by atoms with E-state index in [0.717, 1.165) is 11.3 Å². The van der Waals surface area contributed by atoms with Crippen LogP contribution in [-0.4, -0.2) is 15.9 Å². The number of carbonyl (C=O) groups excluding carboxylic acids is 1. The summed E-state index contributed by atoms with van der Waals surface area (Å²) in [6.07, 6.45) is 2.82. The van der Waals surface area contributed by atoms with Gasteiger partial charge in [-0.25, -0.2) is 14.4 Å². The number of halogens is 1. The quantitative estimate of drug-likeness (QED) is 0.690. The zero-order chi connectivity index (χ0) is 19.4. The minimum atomic E-state index is -0.401. The summed E-state index contributed by atoms with van der Waals surface area (Å²) in [5.74, 6) is -0.488. The molecule has 0 fully saturated rings. The number of benzene rings is 2. The third-order valence-corrected chi connectivity index (χ3v) is 4.02. The van der Waals surface area contributed by atoms with Gasteiger partial charge in [-0.3, -0.25) is 4.79 Å². The Morgan fingerprint density at radius 3 is 2.15 bits per heavy atom. The van der Waals surface area contributed by atoms with Crippen molar-refractivity contribution in [3.63, 3.8) is 0 Å². The van der Waals surface area contributed by atoms with Crippen molar-refractivity contribution in [1.29, 1.82) is 0 Å². The summed E-state index contributed by atoms with van der Waals surface area (Å²) < 4.78 is 13.7. The van der Waals surface area contributed by atoms with Gasteiger partial charge in [0.05, 0.1) is 11.3 Å². The van der Waals surface area contributed by atoms with Crippen LogP contribution >= 0.6 is 0 Å². The number of nitrogens with one attached hydrogen (secondary N) is 2. The van der Waals surface area contributed by atoms with E-state index in [1.807, 2.05) is 24.3 Å². The number of hydrogen-bond donors (Lipinski definition) is 2. The molecule has 0 unspecified atom stereocenters. The summed E-state index contributed by atoms with van der Waals surface area (Å²) in [6, 6.07) is 13.9. The van der Waals surface area contributed by atoms with Crippen LogP contribution in [0.1, 0.15) is 36.7 Å². The van der Waals surface area contributed by atoms with Gasteiger partial charge in [-0.15, -0.1) is 0 Å². The van der Waals surface area contributed by atoms with Gasteiger partial charge in [0.1, 0.15) is 5.82 Å². The summed E-state index contributed by atoms with van der Waals surface area (Å²) >= 11 is 0. The van der Waals surface area contributed by atoms with Gasteiger partial charge in [0, 0.05) is 18.1 Å². The van der Waals surface area contributed by atoms with Crippen molar-refractivity contribution < 1.29 is 9.18 Å². The number of para-hydroxylation sites is 2. The average molecular weight is 364 g/mol. The molecule has 3 rings (SSSR count). The fraction of sp³-hybridized carbons (Fsp3) is 0.190. The Labute approximate surface area is 157 Å². The van der Waals surface area contributed by atoms with Crippen molar-refractivity contribution in [3.8, 4) is 0 Å². The van der Waals surface area contributed by atoms with Crippen molar-refractivity contribution in [3.05, 3.63) is 77.9 Å². The van der Waals surface area contributed by atoms with Crippen molar-refractivity contribution in [2.75, 3.05) is 10.6 Å². The highest BCUT2D eigenvalue weighted by Gasteiger charge is 2.19. The van der Waals surface area contributed by atoms with Crippen LogP contribution in [-0.2, 0) is 5.41 Å². The van der Waals surface area contributed by atoms with Gasteiger partial charge in [0.25, 0.3) is 5.91 Å². The normalized spacial score (nSPS) is 11.1. The molecule has 0 aliphatic rings. The monoisotopic (exact) mass is 364 g/mol. The first-order chi connectivity index (χ1) is 12.8. The van der Waals surface area contributed by atoms with E-state index in [9.17, 15) is 9.18 Å². The fourth-order valence-corrected chi connectivity index (χ4v) is 2.63. The molecule has 1 aromatic heterocycles. The van der Waals surface area contributed by atoms with Crippen LogP contribution in [0.4, 0.5) is 21.7 Å². The SMILES string of the molecule is CC(C)(C)c1ccccc1NC(=O)c1cnc(Nc2ccccc2F)nc1. The van der Waals surface area contributed by atoms with Crippen LogP contribution < -0.4 is 10.6 Å². The molecule has 0 bridgehead atoms. The molecular weight excluding hydrogens is 343 g/mol. The van der Waals surface area contributed by atoms with Crippen LogP contribution in [0.2, 0.25) is 0 Å². The molecule has 2 N–H and O–H groups in total. The molecule has 138 valence electrons. The zero-order valence-electron chi connectivity index (χ0n) is 15.5. The largest absolute Gasteiger partial charge is 0.322 e. The molecule has 1 heterocycles. The predicted molar refractivity (Wildman–Crippen MR) is 105 cm³/mol. The summed E-state index contributed by atoms with van der Waals surface area (Å²) in [5, 5.41) is 5.70. The second-order valence-electron chi connectivity index (χ2n) is 7.15. The minimum Gasteiger partial charge on any atom is -0.322 e. The molecule has 0 atom stereocenters. The molecule has 6 heteroatoms. The molecule has 5 nitrogen and oxygen atoms in total. The van der Waals surface area contributed by atoms with E-state index < -0.39 is 5.82 Å². The molecule has 3 aromatic rings. The molecule has 0 saturated heterocycles. The molecule has 0 saturated carbocycles. The van der Waals surface area contributed by atoms with Gasteiger partial charge in [-0.05, 0) is 29.2 Å². The third kappa shape index (κ3) is 4.47. The van der Waals surface area contributed by atoms with E-state index in [4.69, 9.17) is 0 Å². The first kappa shape index (κ1) is 18.5. The van der Waals surface area contributed by atoms with E-state index in [1.165, 1.54) is 18.5 Å². The second-order valence-corrected chi connectivity index (χ2v) is 7.15. The molecule has 1 amide bonds. The Bertz CT molecular complexity index is 949. The average Bonchev–Trinajstić information content (AvgIpc) is 2.64. The Morgan fingerprint density at radius 1 is 0.926 bits per heavy atom. The van der Waals surface area contributed by atoms with Crippen LogP contribution in [0.15, 0.2) is 60.9 Å². The first-order valence-electron chi connectivity index (χ1n) is 8.59. The van der Waals surface area contributed by atoms with E-state index in [2.05, 4.69) is 41.4 Å². The Kier molecular flexibility index (Phi) is 5.16. The molecule has 0 spiro atoms. The molecule has 27 heavy (non-hydrogen) atoms. The highest BCUT2D eigenvalue weighted by atomic mass is 19.1. The molecule has 0 aliphatic heterocycles. The number of anilines is 3. The van der Waals surface area contributed by atoms with Gasteiger partial charge in [0.2, 0.25) is 5.95 Å². The Balaban J connectivity index is 1.75. The Morgan fingerprint density at radius 2 is 1.52 bits per heavy atom. The van der Waals surface area contributed by atoms with Gasteiger partial charge >= 0.3 is 0 Å².